The molecular formula is C20H12Cl2FN3O. The van der Waals surface area contributed by atoms with E-state index in [9.17, 15) is 9.18 Å². The number of carbonyl (C=O) groups excluding carboxylic acids is 1. The fourth-order valence-electron chi connectivity index (χ4n) is 2.73. The van der Waals surface area contributed by atoms with Crippen molar-refractivity contribution >= 4 is 45.8 Å². The van der Waals surface area contributed by atoms with Crippen LogP contribution in [0.4, 0.5) is 10.1 Å². The number of hydrogen-bond acceptors (Lipinski definition) is 2. The zero-order valence-corrected chi connectivity index (χ0v) is 15.3. The Kier molecular flexibility index (Phi) is 4.56. The van der Waals surface area contributed by atoms with E-state index in [1.807, 2.05) is 0 Å². The van der Waals surface area contributed by atoms with Gasteiger partial charge in [0.05, 0.1) is 26.6 Å². The second kappa shape index (κ2) is 7.02. The molecule has 0 saturated heterocycles. The number of imidazole rings is 1. The Bertz CT molecular complexity index is 1140. The lowest BCUT2D eigenvalue weighted by Gasteiger charge is -2.05. The van der Waals surface area contributed by atoms with Gasteiger partial charge >= 0.3 is 0 Å². The molecule has 4 aromatic rings. The lowest BCUT2D eigenvalue weighted by molar-refractivity contribution is 0.102. The van der Waals surface area contributed by atoms with Crippen molar-refractivity contribution in [2.45, 2.75) is 0 Å². The topological polar surface area (TPSA) is 57.8 Å². The van der Waals surface area contributed by atoms with Crippen LogP contribution in [0.15, 0.2) is 60.7 Å². The standard InChI is InChI=1S/C20H12Cl2FN3O/c21-14-2-1-3-15(22)18(14)19-25-16-9-4-11(10-17(16)26-19)20(27)24-13-7-5-12(23)6-8-13/h1-10H,(H,24,27)(H,25,26). The van der Waals surface area contributed by atoms with Crippen molar-refractivity contribution in [3.8, 4) is 11.4 Å². The van der Waals surface area contributed by atoms with Gasteiger partial charge in [0.1, 0.15) is 11.6 Å². The average molecular weight is 400 g/mol. The summed E-state index contributed by atoms with van der Waals surface area (Å²) in [6.07, 6.45) is 0. The molecule has 4 rings (SSSR count). The average Bonchev–Trinajstić information content (AvgIpc) is 3.06. The number of anilines is 1. The van der Waals surface area contributed by atoms with Gasteiger partial charge in [-0.3, -0.25) is 4.79 Å². The van der Waals surface area contributed by atoms with Crippen LogP contribution in [-0.4, -0.2) is 15.9 Å². The van der Waals surface area contributed by atoms with E-state index in [0.717, 1.165) is 0 Å². The second-order valence-corrected chi connectivity index (χ2v) is 6.69. The number of amides is 1. The minimum Gasteiger partial charge on any atom is -0.338 e. The highest BCUT2D eigenvalue weighted by Crippen LogP contribution is 2.33. The van der Waals surface area contributed by atoms with E-state index in [2.05, 4.69) is 15.3 Å². The molecule has 0 radical (unpaired) electrons. The fraction of sp³-hybridized carbons (Fsp3) is 0. The monoisotopic (exact) mass is 399 g/mol. The second-order valence-electron chi connectivity index (χ2n) is 5.88. The maximum absolute atomic E-state index is 13.0. The molecule has 134 valence electrons. The van der Waals surface area contributed by atoms with Gasteiger partial charge in [-0.25, -0.2) is 9.37 Å². The van der Waals surface area contributed by atoms with Gasteiger partial charge in [-0.2, -0.15) is 0 Å². The molecule has 0 aliphatic heterocycles. The molecule has 2 N–H and O–H groups in total. The third-order valence-electron chi connectivity index (χ3n) is 4.05. The molecule has 1 aromatic heterocycles. The summed E-state index contributed by atoms with van der Waals surface area (Å²) in [7, 11) is 0. The molecule has 0 fully saturated rings. The van der Waals surface area contributed by atoms with Crippen LogP contribution in [0.5, 0.6) is 0 Å². The van der Waals surface area contributed by atoms with Crippen LogP contribution in [0, 0.1) is 5.82 Å². The van der Waals surface area contributed by atoms with E-state index in [1.165, 1.54) is 24.3 Å². The first-order chi connectivity index (χ1) is 13.0. The predicted molar refractivity (Wildman–Crippen MR) is 106 cm³/mol. The number of aromatic nitrogens is 2. The van der Waals surface area contributed by atoms with Crippen molar-refractivity contribution in [3.05, 3.63) is 82.1 Å². The van der Waals surface area contributed by atoms with Crippen LogP contribution in [0.3, 0.4) is 0 Å². The van der Waals surface area contributed by atoms with Gasteiger partial charge in [0.25, 0.3) is 5.91 Å². The Hall–Kier alpha value is -2.89. The van der Waals surface area contributed by atoms with E-state index >= 15 is 0 Å². The summed E-state index contributed by atoms with van der Waals surface area (Å²) in [5, 5.41) is 3.69. The summed E-state index contributed by atoms with van der Waals surface area (Å²) in [5.74, 6) is -0.148. The molecular weight excluding hydrogens is 388 g/mol. The molecule has 0 unspecified atom stereocenters. The Balaban J connectivity index is 1.66. The Labute approximate surface area is 164 Å². The molecule has 1 amide bonds. The van der Waals surface area contributed by atoms with Crippen LogP contribution in [0.1, 0.15) is 10.4 Å². The van der Waals surface area contributed by atoms with Gasteiger partial charge in [-0.05, 0) is 54.6 Å². The molecule has 4 nitrogen and oxygen atoms in total. The van der Waals surface area contributed by atoms with Gasteiger partial charge in [0.15, 0.2) is 0 Å². The quantitative estimate of drug-likeness (QED) is 0.448. The zero-order valence-electron chi connectivity index (χ0n) is 13.8. The fourth-order valence-corrected chi connectivity index (χ4v) is 3.31. The number of H-pyrrole nitrogens is 1. The first-order valence-electron chi connectivity index (χ1n) is 8.02. The van der Waals surface area contributed by atoms with Gasteiger partial charge in [0.2, 0.25) is 0 Å². The lowest BCUT2D eigenvalue weighted by atomic mass is 10.2. The van der Waals surface area contributed by atoms with Crippen molar-refractivity contribution in [2.75, 3.05) is 5.32 Å². The van der Waals surface area contributed by atoms with E-state index in [0.29, 0.717) is 43.7 Å². The Morgan fingerprint density at radius 2 is 1.70 bits per heavy atom. The maximum Gasteiger partial charge on any atom is 0.255 e. The number of aromatic amines is 1. The third-order valence-corrected chi connectivity index (χ3v) is 4.68. The largest absolute Gasteiger partial charge is 0.338 e. The number of rotatable bonds is 3. The third kappa shape index (κ3) is 3.52. The van der Waals surface area contributed by atoms with Crippen LogP contribution in [0.2, 0.25) is 10.0 Å². The Morgan fingerprint density at radius 3 is 2.41 bits per heavy atom. The van der Waals surface area contributed by atoms with Gasteiger partial charge in [-0.15, -0.1) is 0 Å². The maximum atomic E-state index is 13.0. The first-order valence-corrected chi connectivity index (χ1v) is 8.78. The SMILES string of the molecule is O=C(Nc1ccc(F)cc1)c1ccc2nc(-c3c(Cl)cccc3Cl)[nH]c2c1. The summed E-state index contributed by atoms with van der Waals surface area (Å²) < 4.78 is 13.0. The minimum absolute atomic E-state index is 0.310. The van der Waals surface area contributed by atoms with Gasteiger partial charge < -0.3 is 10.3 Å². The van der Waals surface area contributed by atoms with E-state index in [4.69, 9.17) is 23.2 Å². The first kappa shape index (κ1) is 17.5. The van der Waals surface area contributed by atoms with Crippen molar-refractivity contribution in [1.82, 2.24) is 9.97 Å². The van der Waals surface area contributed by atoms with Crippen LogP contribution in [0.25, 0.3) is 22.4 Å². The zero-order chi connectivity index (χ0) is 19.0. The van der Waals surface area contributed by atoms with E-state index in [1.54, 1.807) is 36.4 Å². The van der Waals surface area contributed by atoms with Crippen molar-refractivity contribution in [2.24, 2.45) is 0 Å². The highest BCUT2D eigenvalue weighted by molar-refractivity contribution is 6.39. The number of carbonyl (C=O) groups is 1. The highest BCUT2D eigenvalue weighted by atomic mass is 35.5. The number of halogens is 3. The van der Waals surface area contributed by atoms with Crippen molar-refractivity contribution in [1.29, 1.82) is 0 Å². The van der Waals surface area contributed by atoms with Crippen LogP contribution >= 0.6 is 23.2 Å². The Morgan fingerprint density at radius 1 is 1.00 bits per heavy atom. The smallest absolute Gasteiger partial charge is 0.255 e. The molecule has 0 aliphatic rings. The molecule has 27 heavy (non-hydrogen) atoms. The summed E-state index contributed by atoms with van der Waals surface area (Å²) >= 11 is 12.5. The van der Waals surface area contributed by atoms with Gasteiger partial charge in [-0.1, -0.05) is 29.3 Å². The summed E-state index contributed by atoms with van der Waals surface area (Å²) in [6.45, 7) is 0. The molecule has 0 bridgehead atoms. The van der Waals surface area contributed by atoms with Crippen LogP contribution < -0.4 is 5.32 Å². The minimum atomic E-state index is -0.363. The molecule has 0 saturated carbocycles. The number of nitrogens with one attached hydrogen (secondary N) is 2. The highest BCUT2D eigenvalue weighted by Gasteiger charge is 2.14. The van der Waals surface area contributed by atoms with Crippen LogP contribution in [-0.2, 0) is 0 Å². The lowest BCUT2D eigenvalue weighted by Crippen LogP contribution is -2.11. The molecule has 0 aliphatic carbocycles. The van der Waals surface area contributed by atoms with Gasteiger partial charge in [0, 0.05) is 11.3 Å². The number of hydrogen-bond donors (Lipinski definition) is 2. The summed E-state index contributed by atoms with van der Waals surface area (Å²) in [4.78, 5) is 20.1. The predicted octanol–water partition coefficient (Wildman–Crippen LogP) is 5.93. The summed E-state index contributed by atoms with van der Waals surface area (Å²) in [6, 6.07) is 15.9. The molecule has 0 atom stereocenters. The molecule has 7 heteroatoms. The molecule has 0 spiro atoms. The number of nitrogens with zero attached hydrogens (tertiary/aromatic N) is 1. The van der Waals surface area contributed by atoms with E-state index < -0.39 is 0 Å². The van der Waals surface area contributed by atoms with Crippen molar-refractivity contribution in [3.63, 3.8) is 0 Å². The summed E-state index contributed by atoms with van der Waals surface area (Å²) in [5.41, 5.74) is 2.91. The molecule has 1 heterocycles. The van der Waals surface area contributed by atoms with E-state index in [-0.39, 0.29) is 11.7 Å². The normalized spacial score (nSPS) is 10.9. The number of fused-ring (bicyclic) bond motifs is 1. The molecule has 3 aromatic carbocycles. The number of benzene rings is 3. The van der Waals surface area contributed by atoms with Crippen molar-refractivity contribution < 1.29 is 9.18 Å².